The molecule has 2 aliphatic heterocycles. The lowest BCUT2D eigenvalue weighted by atomic mass is 10.2. The Hall–Kier alpha value is -1.92. The lowest BCUT2D eigenvalue weighted by molar-refractivity contribution is -0.122. The fourth-order valence-electron chi connectivity index (χ4n) is 2.50. The minimum Gasteiger partial charge on any atom is -0.274 e. The van der Waals surface area contributed by atoms with Gasteiger partial charge in [0.2, 0.25) is 11.8 Å². The third-order valence-corrected chi connectivity index (χ3v) is 4.21. The minimum atomic E-state index is -0.890. The number of benzene rings is 1. The molecule has 1 aromatic carbocycles. The second kappa shape index (κ2) is 5.37. The van der Waals surface area contributed by atoms with Crippen molar-refractivity contribution in [2.75, 3.05) is 9.80 Å². The van der Waals surface area contributed by atoms with Crippen LogP contribution in [0.2, 0.25) is 0 Å². The van der Waals surface area contributed by atoms with Crippen LogP contribution >= 0.6 is 23.2 Å². The molecule has 2 atom stereocenters. The summed E-state index contributed by atoms with van der Waals surface area (Å²) in [5, 5.41) is -1.78. The molecule has 3 rings (SSSR count). The molecule has 0 saturated carbocycles. The SMILES string of the molecule is O=C1CC(Cl)C(=O)N1c1cccc(N2C(=O)CC(Cl)C2=O)c1. The van der Waals surface area contributed by atoms with Crippen LogP contribution in [-0.4, -0.2) is 34.4 Å². The van der Waals surface area contributed by atoms with E-state index in [1.165, 1.54) is 18.2 Å². The molecule has 0 aliphatic carbocycles. The number of hydrogen-bond acceptors (Lipinski definition) is 4. The Morgan fingerprint density at radius 1 is 0.818 bits per heavy atom. The number of halogens is 2. The van der Waals surface area contributed by atoms with Crippen LogP contribution in [0.15, 0.2) is 24.3 Å². The molecule has 2 aliphatic rings. The molecule has 4 amide bonds. The molecule has 0 aromatic heterocycles. The first-order chi connectivity index (χ1) is 10.4. The first-order valence-electron chi connectivity index (χ1n) is 6.52. The van der Waals surface area contributed by atoms with Gasteiger partial charge < -0.3 is 0 Å². The Morgan fingerprint density at radius 3 is 1.55 bits per heavy atom. The molecule has 2 unspecified atom stereocenters. The van der Waals surface area contributed by atoms with Crippen molar-refractivity contribution in [1.82, 2.24) is 0 Å². The highest BCUT2D eigenvalue weighted by molar-refractivity contribution is 6.41. The number of carbonyl (C=O) groups is 4. The average molecular weight is 341 g/mol. The van der Waals surface area contributed by atoms with Gasteiger partial charge in [-0.05, 0) is 18.2 Å². The zero-order valence-electron chi connectivity index (χ0n) is 11.2. The molecule has 0 spiro atoms. The first kappa shape index (κ1) is 15.0. The third kappa shape index (κ3) is 2.28. The highest BCUT2D eigenvalue weighted by atomic mass is 35.5. The molecular formula is C14H10Cl2N2O4. The Kier molecular flexibility index (Phi) is 3.66. The number of anilines is 2. The van der Waals surface area contributed by atoms with Crippen LogP contribution in [0.3, 0.4) is 0 Å². The van der Waals surface area contributed by atoms with Crippen molar-refractivity contribution in [1.29, 1.82) is 0 Å². The van der Waals surface area contributed by atoms with Gasteiger partial charge in [-0.25, -0.2) is 9.80 Å². The van der Waals surface area contributed by atoms with Crippen LogP contribution in [0.5, 0.6) is 0 Å². The van der Waals surface area contributed by atoms with Gasteiger partial charge in [-0.2, -0.15) is 0 Å². The van der Waals surface area contributed by atoms with Gasteiger partial charge in [0, 0.05) is 0 Å². The maximum Gasteiger partial charge on any atom is 0.252 e. The van der Waals surface area contributed by atoms with E-state index in [2.05, 4.69) is 0 Å². The van der Waals surface area contributed by atoms with Crippen molar-refractivity contribution in [2.45, 2.75) is 23.6 Å². The molecule has 8 heteroatoms. The lowest BCUT2D eigenvalue weighted by Crippen LogP contribution is -2.32. The zero-order valence-corrected chi connectivity index (χ0v) is 12.7. The molecule has 1 aromatic rings. The van der Waals surface area contributed by atoms with E-state index < -0.39 is 34.4 Å². The molecular weight excluding hydrogens is 331 g/mol. The third-order valence-electron chi connectivity index (χ3n) is 3.53. The van der Waals surface area contributed by atoms with Gasteiger partial charge in [-0.15, -0.1) is 23.2 Å². The monoisotopic (exact) mass is 340 g/mol. The molecule has 0 N–H and O–H groups in total. The average Bonchev–Trinajstić information content (AvgIpc) is 2.86. The number of imide groups is 2. The predicted octanol–water partition coefficient (Wildman–Crippen LogP) is 1.43. The molecule has 0 bridgehead atoms. The van der Waals surface area contributed by atoms with Gasteiger partial charge in [0.25, 0.3) is 11.8 Å². The van der Waals surface area contributed by atoms with Crippen LogP contribution in [0.4, 0.5) is 11.4 Å². The molecule has 2 fully saturated rings. The predicted molar refractivity (Wildman–Crippen MR) is 79.9 cm³/mol. The molecule has 0 radical (unpaired) electrons. The summed E-state index contributed by atoms with van der Waals surface area (Å²) in [5.74, 6) is -1.87. The summed E-state index contributed by atoms with van der Waals surface area (Å²) < 4.78 is 0. The summed E-state index contributed by atoms with van der Waals surface area (Å²) in [6.45, 7) is 0. The van der Waals surface area contributed by atoms with Gasteiger partial charge in [-0.3, -0.25) is 19.2 Å². The van der Waals surface area contributed by atoms with Gasteiger partial charge in [0.1, 0.15) is 10.8 Å². The maximum atomic E-state index is 11.9. The second-order valence-corrected chi connectivity index (χ2v) is 6.05. The molecule has 114 valence electrons. The summed E-state index contributed by atoms with van der Waals surface area (Å²) in [6.07, 6.45) is -0.147. The van der Waals surface area contributed by atoms with Crippen molar-refractivity contribution in [3.8, 4) is 0 Å². The van der Waals surface area contributed by atoms with E-state index in [9.17, 15) is 19.2 Å². The Balaban J connectivity index is 1.97. The topological polar surface area (TPSA) is 74.8 Å². The summed E-state index contributed by atoms with van der Waals surface area (Å²) >= 11 is 11.6. The lowest BCUT2D eigenvalue weighted by Gasteiger charge is -2.18. The van der Waals surface area contributed by atoms with Crippen LogP contribution in [0, 0.1) is 0 Å². The largest absolute Gasteiger partial charge is 0.274 e. The van der Waals surface area contributed by atoms with Crippen LogP contribution in [0.25, 0.3) is 0 Å². The fraction of sp³-hybridized carbons (Fsp3) is 0.286. The van der Waals surface area contributed by atoms with Gasteiger partial charge >= 0.3 is 0 Å². The Labute approximate surface area is 135 Å². The molecule has 2 saturated heterocycles. The van der Waals surface area contributed by atoms with E-state index in [-0.39, 0.29) is 24.2 Å². The number of hydrogen-bond donors (Lipinski definition) is 0. The summed E-state index contributed by atoms with van der Waals surface area (Å²) in [4.78, 5) is 49.5. The Morgan fingerprint density at radius 2 is 1.23 bits per heavy atom. The zero-order chi connectivity index (χ0) is 16.0. The Bertz CT molecular complexity index is 651. The number of nitrogens with zero attached hydrogens (tertiary/aromatic N) is 2. The minimum absolute atomic E-state index is 0.0735. The highest BCUT2D eigenvalue weighted by Crippen LogP contribution is 2.31. The molecule has 2 heterocycles. The number of amides is 4. The molecule has 22 heavy (non-hydrogen) atoms. The highest BCUT2D eigenvalue weighted by Gasteiger charge is 2.40. The van der Waals surface area contributed by atoms with E-state index in [0.717, 1.165) is 9.80 Å². The van der Waals surface area contributed by atoms with Crippen molar-refractivity contribution in [3.63, 3.8) is 0 Å². The number of alkyl halides is 2. The van der Waals surface area contributed by atoms with Crippen molar-refractivity contribution >= 4 is 58.2 Å². The number of carbonyl (C=O) groups excluding carboxylic acids is 4. The second-order valence-electron chi connectivity index (χ2n) is 5.00. The van der Waals surface area contributed by atoms with Crippen molar-refractivity contribution < 1.29 is 19.2 Å². The van der Waals surface area contributed by atoms with Crippen LogP contribution < -0.4 is 9.80 Å². The van der Waals surface area contributed by atoms with Gasteiger partial charge in [-0.1, -0.05) is 6.07 Å². The quantitative estimate of drug-likeness (QED) is 0.602. The summed E-state index contributed by atoms with van der Waals surface area (Å²) in [6, 6.07) is 6.05. The maximum absolute atomic E-state index is 11.9. The van der Waals surface area contributed by atoms with Gasteiger partial charge in [0.05, 0.1) is 24.2 Å². The van der Waals surface area contributed by atoms with E-state index in [0.29, 0.717) is 0 Å². The fourth-order valence-corrected chi connectivity index (χ4v) is 2.96. The van der Waals surface area contributed by atoms with E-state index in [1.807, 2.05) is 0 Å². The summed E-state index contributed by atoms with van der Waals surface area (Å²) in [5.41, 5.74) is 0.545. The van der Waals surface area contributed by atoms with Gasteiger partial charge in [0.15, 0.2) is 0 Å². The first-order valence-corrected chi connectivity index (χ1v) is 7.39. The van der Waals surface area contributed by atoms with Crippen molar-refractivity contribution in [3.05, 3.63) is 24.3 Å². The van der Waals surface area contributed by atoms with Crippen LogP contribution in [-0.2, 0) is 19.2 Å². The summed E-state index contributed by atoms with van der Waals surface area (Å²) in [7, 11) is 0. The smallest absolute Gasteiger partial charge is 0.252 e. The normalized spacial score (nSPS) is 25.5. The standard InChI is InChI=1S/C14H10Cl2N2O4/c15-9-5-11(19)17(13(9)21)7-2-1-3-8(4-7)18-12(20)6-10(16)14(18)22/h1-4,9-10H,5-6H2. The number of rotatable bonds is 2. The van der Waals surface area contributed by atoms with E-state index >= 15 is 0 Å². The van der Waals surface area contributed by atoms with Crippen molar-refractivity contribution in [2.24, 2.45) is 0 Å². The van der Waals surface area contributed by atoms with E-state index in [4.69, 9.17) is 23.2 Å². The van der Waals surface area contributed by atoms with Crippen LogP contribution in [0.1, 0.15) is 12.8 Å². The molecule has 6 nitrogen and oxygen atoms in total. The van der Waals surface area contributed by atoms with E-state index in [1.54, 1.807) is 6.07 Å².